The van der Waals surface area contributed by atoms with Gasteiger partial charge in [0.25, 0.3) is 0 Å². The molecular weight excluding hydrogens is 179 g/mol. The highest BCUT2D eigenvalue weighted by Crippen LogP contribution is 2.24. The van der Waals surface area contributed by atoms with Gasteiger partial charge in [-0.05, 0) is 24.6 Å². The number of aryl methyl sites for hydroxylation is 1. The van der Waals surface area contributed by atoms with Crippen molar-refractivity contribution in [1.29, 1.82) is 0 Å². The van der Waals surface area contributed by atoms with Gasteiger partial charge in [0, 0.05) is 5.02 Å². The lowest BCUT2D eigenvalue weighted by molar-refractivity contribution is 0.428. The first-order valence-electron chi connectivity index (χ1n) is 3.76. The molecule has 0 aliphatic heterocycles. The molecule has 0 spiro atoms. The maximum atomic E-state index is 12.5. The van der Waals surface area contributed by atoms with E-state index in [9.17, 15) is 4.39 Å². The Kier molecular flexibility index (Phi) is 4.67. The van der Waals surface area contributed by atoms with Crippen LogP contribution in [0.4, 0.5) is 4.39 Å². The molecular formula is C9H12ClFO. The highest BCUT2D eigenvalue weighted by Gasteiger charge is 2.03. The van der Waals surface area contributed by atoms with Crippen molar-refractivity contribution >= 4 is 11.6 Å². The number of halogens is 2. The molecule has 12 heavy (non-hydrogen) atoms. The standard InChI is InChI=1S/C7H6ClFO.C2H6/c1-4-2-5(8)3-6(9)7(4)10;1-2/h2-3,10H,1H3;1-2H3. The van der Waals surface area contributed by atoms with Crippen LogP contribution in [0.3, 0.4) is 0 Å². The van der Waals surface area contributed by atoms with Crippen LogP contribution < -0.4 is 0 Å². The second-order valence-electron chi connectivity index (χ2n) is 2.05. The molecule has 0 unspecified atom stereocenters. The fourth-order valence-corrected chi connectivity index (χ4v) is 0.954. The zero-order valence-electron chi connectivity index (χ0n) is 7.36. The molecule has 1 rings (SSSR count). The van der Waals surface area contributed by atoms with Crippen LogP contribution >= 0.6 is 11.6 Å². The molecule has 0 aromatic heterocycles. The normalized spacial score (nSPS) is 8.75. The fourth-order valence-electron chi connectivity index (χ4n) is 0.695. The van der Waals surface area contributed by atoms with E-state index in [1.807, 2.05) is 13.8 Å². The third-order valence-corrected chi connectivity index (χ3v) is 1.44. The van der Waals surface area contributed by atoms with Gasteiger partial charge in [-0.15, -0.1) is 0 Å². The molecule has 3 heteroatoms. The minimum atomic E-state index is -0.676. The number of benzene rings is 1. The van der Waals surface area contributed by atoms with Crippen LogP contribution in [0.5, 0.6) is 5.75 Å². The largest absolute Gasteiger partial charge is 0.505 e. The second-order valence-corrected chi connectivity index (χ2v) is 2.49. The second kappa shape index (κ2) is 4.99. The van der Waals surface area contributed by atoms with Gasteiger partial charge < -0.3 is 5.11 Å². The SMILES string of the molecule is CC.Cc1cc(Cl)cc(F)c1O. The molecule has 0 bridgehead atoms. The van der Waals surface area contributed by atoms with Crippen molar-refractivity contribution in [3.63, 3.8) is 0 Å². The van der Waals surface area contributed by atoms with Gasteiger partial charge >= 0.3 is 0 Å². The van der Waals surface area contributed by atoms with Gasteiger partial charge in [0.2, 0.25) is 0 Å². The average Bonchev–Trinajstić information content (AvgIpc) is 2.04. The van der Waals surface area contributed by atoms with Gasteiger partial charge in [-0.3, -0.25) is 0 Å². The van der Waals surface area contributed by atoms with E-state index in [-0.39, 0.29) is 5.75 Å². The predicted octanol–water partition coefficient (Wildman–Crippen LogP) is 3.52. The summed E-state index contributed by atoms with van der Waals surface area (Å²) < 4.78 is 12.5. The van der Waals surface area contributed by atoms with Gasteiger partial charge in [0.1, 0.15) is 0 Å². The minimum Gasteiger partial charge on any atom is -0.505 e. The topological polar surface area (TPSA) is 20.2 Å². The van der Waals surface area contributed by atoms with E-state index >= 15 is 0 Å². The highest BCUT2D eigenvalue weighted by atomic mass is 35.5. The molecule has 0 saturated carbocycles. The van der Waals surface area contributed by atoms with E-state index in [0.717, 1.165) is 6.07 Å². The highest BCUT2D eigenvalue weighted by molar-refractivity contribution is 6.30. The maximum absolute atomic E-state index is 12.5. The van der Waals surface area contributed by atoms with E-state index in [1.165, 1.54) is 6.07 Å². The van der Waals surface area contributed by atoms with Crippen LogP contribution in [0.25, 0.3) is 0 Å². The van der Waals surface area contributed by atoms with Crippen molar-refractivity contribution in [3.05, 3.63) is 28.5 Å². The zero-order chi connectivity index (χ0) is 9.72. The first-order valence-corrected chi connectivity index (χ1v) is 4.13. The average molecular weight is 191 g/mol. The van der Waals surface area contributed by atoms with Crippen LogP contribution in [0, 0.1) is 12.7 Å². The Labute approximate surface area is 76.8 Å². The Morgan fingerprint density at radius 3 is 2.25 bits per heavy atom. The van der Waals surface area contributed by atoms with Crippen molar-refractivity contribution in [2.45, 2.75) is 20.8 Å². The van der Waals surface area contributed by atoms with Gasteiger partial charge in [-0.25, -0.2) is 4.39 Å². The Balaban J connectivity index is 0.000000561. The summed E-state index contributed by atoms with van der Waals surface area (Å²) in [5.41, 5.74) is 0.449. The number of hydrogen-bond donors (Lipinski definition) is 1. The van der Waals surface area contributed by atoms with E-state index < -0.39 is 5.82 Å². The number of rotatable bonds is 0. The molecule has 0 amide bonds. The molecule has 0 heterocycles. The van der Waals surface area contributed by atoms with Gasteiger partial charge in [-0.2, -0.15) is 0 Å². The Hall–Kier alpha value is -0.760. The lowest BCUT2D eigenvalue weighted by Gasteiger charge is -1.99. The van der Waals surface area contributed by atoms with Crippen LogP contribution in [0.15, 0.2) is 12.1 Å². The summed E-state index contributed by atoms with van der Waals surface area (Å²) in [5.74, 6) is -1.01. The van der Waals surface area contributed by atoms with Gasteiger partial charge in [-0.1, -0.05) is 25.4 Å². The summed E-state index contributed by atoms with van der Waals surface area (Å²) in [6.07, 6.45) is 0. The smallest absolute Gasteiger partial charge is 0.166 e. The van der Waals surface area contributed by atoms with Crippen molar-refractivity contribution in [1.82, 2.24) is 0 Å². The fraction of sp³-hybridized carbons (Fsp3) is 0.333. The Morgan fingerprint density at radius 2 is 1.83 bits per heavy atom. The van der Waals surface area contributed by atoms with Crippen molar-refractivity contribution in [2.75, 3.05) is 0 Å². The third kappa shape index (κ3) is 2.70. The van der Waals surface area contributed by atoms with Crippen molar-refractivity contribution in [3.8, 4) is 5.75 Å². The quantitative estimate of drug-likeness (QED) is 0.664. The lowest BCUT2D eigenvalue weighted by Crippen LogP contribution is -1.80. The molecule has 0 aliphatic rings. The maximum Gasteiger partial charge on any atom is 0.166 e. The molecule has 0 fully saturated rings. The predicted molar refractivity (Wildman–Crippen MR) is 49.2 cm³/mol. The van der Waals surface area contributed by atoms with Gasteiger partial charge in [0.15, 0.2) is 11.6 Å². The van der Waals surface area contributed by atoms with Gasteiger partial charge in [0.05, 0.1) is 0 Å². The molecule has 1 N–H and O–H groups in total. The van der Waals surface area contributed by atoms with Crippen LogP contribution in [0.2, 0.25) is 5.02 Å². The number of hydrogen-bond acceptors (Lipinski definition) is 1. The van der Waals surface area contributed by atoms with Crippen LogP contribution in [-0.4, -0.2) is 5.11 Å². The third-order valence-electron chi connectivity index (χ3n) is 1.22. The van der Waals surface area contributed by atoms with E-state index in [1.54, 1.807) is 6.92 Å². The molecule has 0 saturated heterocycles. The molecule has 1 nitrogen and oxygen atoms in total. The molecule has 68 valence electrons. The first kappa shape index (κ1) is 11.2. The number of phenolic OH excluding ortho intramolecular Hbond substituents is 1. The summed E-state index contributed by atoms with van der Waals surface area (Å²) >= 11 is 5.47. The number of phenols is 1. The van der Waals surface area contributed by atoms with E-state index in [4.69, 9.17) is 16.7 Å². The zero-order valence-corrected chi connectivity index (χ0v) is 8.11. The molecule has 1 aromatic carbocycles. The van der Waals surface area contributed by atoms with Crippen LogP contribution in [0.1, 0.15) is 19.4 Å². The summed E-state index contributed by atoms with van der Waals surface area (Å²) in [7, 11) is 0. The summed E-state index contributed by atoms with van der Waals surface area (Å²) in [6, 6.07) is 2.57. The Bertz CT molecular complexity index is 238. The van der Waals surface area contributed by atoms with Crippen molar-refractivity contribution in [2.24, 2.45) is 0 Å². The first-order chi connectivity index (χ1) is 5.61. The van der Waals surface area contributed by atoms with Crippen LogP contribution in [-0.2, 0) is 0 Å². The number of aromatic hydroxyl groups is 1. The summed E-state index contributed by atoms with van der Waals surface area (Å²) in [5, 5.41) is 9.20. The minimum absolute atomic E-state index is 0.299. The molecule has 0 aliphatic carbocycles. The Morgan fingerprint density at radius 1 is 1.33 bits per heavy atom. The van der Waals surface area contributed by atoms with E-state index in [2.05, 4.69) is 0 Å². The molecule has 1 aromatic rings. The molecule has 0 atom stereocenters. The van der Waals surface area contributed by atoms with Crippen molar-refractivity contribution < 1.29 is 9.50 Å². The summed E-state index contributed by atoms with van der Waals surface area (Å²) in [6.45, 7) is 5.59. The van der Waals surface area contributed by atoms with E-state index in [0.29, 0.717) is 10.6 Å². The molecule has 0 radical (unpaired) electrons. The lowest BCUT2D eigenvalue weighted by atomic mass is 10.2. The monoisotopic (exact) mass is 190 g/mol. The summed E-state index contributed by atoms with van der Waals surface area (Å²) in [4.78, 5) is 0.